The molecule has 8 unspecified atom stereocenters. The van der Waals surface area contributed by atoms with Crippen molar-refractivity contribution in [3.8, 4) is 0 Å². The predicted molar refractivity (Wildman–Crippen MR) is 133 cm³/mol. The second-order valence-corrected chi connectivity index (χ2v) is 11.8. The van der Waals surface area contributed by atoms with Crippen molar-refractivity contribution >= 4 is 23.9 Å². The minimum absolute atomic E-state index is 0.00898. The summed E-state index contributed by atoms with van der Waals surface area (Å²) >= 11 is 0. The van der Waals surface area contributed by atoms with Gasteiger partial charge in [0.1, 0.15) is 50.8 Å². The lowest BCUT2D eigenvalue weighted by molar-refractivity contribution is -0.248. The summed E-state index contributed by atoms with van der Waals surface area (Å²) in [6, 6.07) is 0. The van der Waals surface area contributed by atoms with Gasteiger partial charge in [0.2, 0.25) is 0 Å². The molecular weight excluding hydrogens is 544 g/mol. The first kappa shape index (κ1) is 28.8. The molecule has 0 aromatic rings. The van der Waals surface area contributed by atoms with Gasteiger partial charge < -0.3 is 42.6 Å². The molecule has 228 valence electrons. The normalized spacial score (nSPS) is 38.7. The Morgan fingerprint density at radius 3 is 1.22 bits per heavy atom. The highest BCUT2D eigenvalue weighted by Gasteiger charge is 2.64. The predicted octanol–water partition coefficient (Wildman–Crippen LogP) is 0.629. The smallest absolute Gasteiger partial charge is 0.339 e. The maximum Gasteiger partial charge on any atom is 0.339 e. The first-order valence-corrected chi connectivity index (χ1v) is 14.7. The topological polar surface area (TPSA) is 165 Å². The molecule has 8 atom stereocenters. The summed E-state index contributed by atoms with van der Waals surface area (Å²) in [4.78, 5) is 55.0. The van der Waals surface area contributed by atoms with Crippen LogP contribution in [-0.4, -0.2) is 112 Å². The molecule has 0 radical (unpaired) electrons. The number of epoxide rings is 4. The van der Waals surface area contributed by atoms with Crippen LogP contribution in [0.5, 0.6) is 0 Å². The van der Waals surface area contributed by atoms with E-state index in [0.29, 0.717) is 52.1 Å². The largest absolute Gasteiger partial charge is 0.463 e. The maximum absolute atomic E-state index is 14.0. The molecule has 2 saturated carbocycles. The lowest BCUT2D eigenvalue weighted by Gasteiger charge is -2.49. The monoisotopic (exact) mass is 582 g/mol. The second kappa shape index (κ2) is 12.1. The average molecular weight is 583 g/mol. The lowest BCUT2D eigenvalue weighted by Crippen LogP contribution is -2.64. The van der Waals surface area contributed by atoms with Gasteiger partial charge in [-0.05, 0) is 38.5 Å². The van der Waals surface area contributed by atoms with Gasteiger partial charge in [-0.3, -0.25) is 9.59 Å². The summed E-state index contributed by atoms with van der Waals surface area (Å²) in [5, 5.41) is 0. The minimum Gasteiger partial charge on any atom is -0.463 e. The van der Waals surface area contributed by atoms with Crippen LogP contribution in [-0.2, 0) is 61.8 Å². The first-order chi connectivity index (χ1) is 19.9. The molecule has 0 spiro atoms. The molecular formula is C28H38O13. The summed E-state index contributed by atoms with van der Waals surface area (Å²) in [7, 11) is 0. The van der Waals surface area contributed by atoms with Gasteiger partial charge in [0, 0.05) is 0 Å². The van der Waals surface area contributed by atoms with Crippen LogP contribution in [0, 0.1) is 11.8 Å². The Morgan fingerprint density at radius 2 is 0.878 bits per heavy atom. The first-order valence-electron chi connectivity index (χ1n) is 14.7. The molecule has 0 amide bonds. The van der Waals surface area contributed by atoms with E-state index < -0.39 is 46.9 Å². The lowest BCUT2D eigenvalue weighted by atomic mass is 9.71. The third-order valence-corrected chi connectivity index (χ3v) is 8.57. The summed E-state index contributed by atoms with van der Waals surface area (Å²) in [5.41, 5.74) is -3.75. The van der Waals surface area contributed by atoms with Gasteiger partial charge in [-0.25, -0.2) is 9.59 Å². The minimum atomic E-state index is -1.88. The second-order valence-electron chi connectivity index (χ2n) is 11.8. The SMILES string of the molecule is O=C(OCC1CO1)C1CCCCC1(OC1(C(=O)OCC2CO2)CCCCC1C(=O)OCC1CO1)C(=O)OCC1CO1. The molecule has 6 rings (SSSR count). The molecule has 4 saturated heterocycles. The van der Waals surface area contributed by atoms with Crippen LogP contribution in [0.1, 0.15) is 51.4 Å². The van der Waals surface area contributed by atoms with Gasteiger partial charge in [0.25, 0.3) is 0 Å². The van der Waals surface area contributed by atoms with Crippen LogP contribution in [0.4, 0.5) is 0 Å². The molecule has 4 heterocycles. The van der Waals surface area contributed by atoms with E-state index in [1.165, 1.54) is 0 Å². The van der Waals surface area contributed by atoms with E-state index in [2.05, 4.69) is 0 Å². The standard InChI is InChI=1S/C28H38O13/c29-23(37-13-17-9-33-17)21-5-1-3-7-27(21,25(31)39-15-19-11-35-19)41-28(26(32)40-16-20-12-36-20)8-4-2-6-22(28)24(30)38-14-18-10-34-18/h17-22H,1-16H2. The van der Waals surface area contributed by atoms with Crippen molar-refractivity contribution in [1.82, 2.24) is 0 Å². The Morgan fingerprint density at radius 1 is 0.537 bits per heavy atom. The third kappa shape index (κ3) is 6.85. The fraction of sp³-hybridized carbons (Fsp3) is 0.857. The van der Waals surface area contributed by atoms with Crippen molar-refractivity contribution < 1.29 is 61.8 Å². The zero-order valence-electron chi connectivity index (χ0n) is 23.1. The van der Waals surface area contributed by atoms with Gasteiger partial charge in [0.15, 0.2) is 11.2 Å². The number of hydrogen-bond donors (Lipinski definition) is 0. The van der Waals surface area contributed by atoms with E-state index in [1.54, 1.807) is 0 Å². The Balaban J connectivity index is 1.32. The van der Waals surface area contributed by atoms with Crippen LogP contribution in [0.3, 0.4) is 0 Å². The fourth-order valence-corrected chi connectivity index (χ4v) is 5.83. The van der Waals surface area contributed by atoms with Crippen molar-refractivity contribution in [1.29, 1.82) is 0 Å². The van der Waals surface area contributed by atoms with Crippen LogP contribution in [0.25, 0.3) is 0 Å². The zero-order chi connectivity index (χ0) is 28.5. The molecule has 0 aromatic carbocycles. The van der Waals surface area contributed by atoms with Gasteiger partial charge >= 0.3 is 23.9 Å². The summed E-state index contributed by atoms with van der Waals surface area (Å²) in [5.74, 6) is -4.93. The van der Waals surface area contributed by atoms with Crippen LogP contribution < -0.4 is 0 Å². The average Bonchev–Trinajstić information content (AvgIpc) is 3.80. The van der Waals surface area contributed by atoms with Crippen molar-refractivity contribution in [2.75, 3.05) is 52.9 Å². The van der Waals surface area contributed by atoms with E-state index in [9.17, 15) is 19.2 Å². The van der Waals surface area contributed by atoms with Crippen molar-refractivity contribution in [2.24, 2.45) is 11.8 Å². The van der Waals surface area contributed by atoms with E-state index in [-0.39, 0.29) is 76.5 Å². The van der Waals surface area contributed by atoms with Crippen molar-refractivity contribution in [3.63, 3.8) is 0 Å². The van der Waals surface area contributed by atoms with Crippen LogP contribution in [0.2, 0.25) is 0 Å². The van der Waals surface area contributed by atoms with Gasteiger partial charge in [-0.2, -0.15) is 0 Å². The molecule has 4 aliphatic heterocycles. The Hall–Kier alpha value is -2.32. The van der Waals surface area contributed by atoms with Crippen molar-refractivity contribution in [2.45, 2.75) is 87.0 Å². The molecule has 2 aliphatic carbocycles. The Bertz CT molecular complexity index is 923. The highest BCUT2D eigenvalue weighted by Crippen LogP contribution is 2.48. The quantitative estimate of drug-likeness (QED) is 0.159. The number of carbonyl (C=O) groups excluding carboxylic acids is 4. The molecule has 13 nitrogen and oxygen atoms in total. The molecule has 6 aliphatic rings. The highest BCUT2D eigenvalue weighted by atomic mass is 16.7. The summed E-state index contributed by atoms with van der Waals surface area (Å²) in [6.45, 7) is 2.02. The van der Waals surface area contributed by atoms with Crippen molar-refractivity contribution in [3.05, 3.63) is 0 Å². The molecule has 0 bridgehead atoms. The van der Waals surface area contributed by atoms with Gasteiger partial charge in [-0.1, -0.05) is 12.8 Å². The summed E-state index contributed by atoms with van der Waals surface area (Å²) in [6.07, 6.45) is 2.37. The molecule has 0 aromatic heterocycles. The number of ether oxygens (including phenoxy) is 9. The van der Waals surface area contributed by atoms with Crippen LogP contribution in [0.15, 0.2) is 0 Å². The molecule has 6 fully saturated rings. The third-order valence-electron chi connectivity index (χ3n) is 8.57. The van der Waals surface area contributed by atoms with Gasteiger partial charge in [-0.15, -0.1) is 0 Å². The number of rotatable bonds is 14. The Kier molecular flexibility index (Phi) is 8.51. The van der Waals surface area contributed by atoms with E-state index in [1.807, 2.05) is 0 Å². The molecule has 41 heavy (non-hydrogen) atoms. The summed E-state index contributed by atoms with van der Waals surface area (Å²) < 4.78 is 49.9. The zero-order valence-corrected chi connectivity index (χ0v) is 23.1. The van der Waals surface area contributed by atoms with Gasteiger partial charge in [0.05, 0.1) is 38.3 Å². The number of hydrogen-bond acceptors (Lipinski definition) is 13. The van der Waals surface area contributed by atoms with Crippen LogP contribution >= 0.6 is 0 Å². The Labute approximate surface area is 237 Å². The number of esters is 4. The number of carbonyl (C=O) groups is 4. The van der Waals surface area contributed by atoms with E-state index in [4.69, 9.17) is 42.6 Å². The maximum atomic E-state index is 14.0. The molecule has 13 heteroatoms. The highest BCUT2D eigenvalue weighted by molar-refractivity contribution is 5.91. The fourth-order valence-electron chi connectivity index (χ4n) is 5.83. The molecule has 0 N–H and O–H groups in total. The van der Waals surface area contributed by atoms with E-state index >= 15 is 0 Å². The van der Waals surface area contributed by atoms with E-state index in [0.717, 1.165) is 0 Å².